The number of piperidine rings is 1. The molecule has 1 unspecified atom stereocenters. The summed E-state index contributed by atoms with van der Waals surface area (Å²) in [5, 5.41) is 6.62. The highest BCUT2D eigenvalue weighted by Gasteiger charge is 2.39. The summed E-state index contributed by atoms with van der Waals surface area (Å²) in [5.41, 5.74) is -0.143. The Bertz CT molecular complexity index is 279. The molecule has 0 aromatic carbocycles. The summed E-state index contributed by atoms with van der Waals surface area (Å²) in [6, 6.07) is 0.346. The van der Waals surface area contributed by atoms with Gasteiger partial charge in [-0.1, -0.05) is 25.5 Å². The summed E-state index contributed by atoms with van der Waals surface area (Å²) in [6.45, 7) is 4.08. The Kier molecular flexibility index (Phi) is 4.21. The Balaban J connectivity index is 1.96. The highest BCUT2D eigenvalue weighted by atomic mass is 16.2. The topological polar surface area (TPSA) is 41.1 Å². The lowest BCUT2D eigenvalue weighted by Gasteiger charge is -2.37. The van der Waals surface area contributed by atoms with Crippen molar-refractivity contribution in [2.75, 3.05) is 13.1 Å². The SMILES string of the molecule is CCCC1(C(=O)NC2CC=CC2)CCCNC1. The van der Waals surface area contributed by atoms with Gasteiger partial charge in [0.25, 0.3) is 0 Å². The minimum absolute atomic E-state index is 0.143. The molecular weight excluding hydrogens is 212 g/mol. The van der Waals surface area contributed by atoms with E-state index in [0.29, 0.717) is 6.04 Å². The van der Waals surface area contributed by atoms with Crippen molar-refractivity contribution in [3.05, 3.63) is 12.2 Å². The van der Waals surface area contributed by atoms with E-state index in [0.717, 1.165) is 51.6 Å². The smallest absolute Gasteiger partial charge is 0.227 e. The lowest BCUT2D eigenvalue weighted by molar-refractivity contribution is -0.133. The van der Waals surface area contributed by atoms with E-state index >= 15 is 0 Å². The van der Waals surface area contributed by atoms with Crippen molar-refractivity contribution in [1.29, 1.82) is 0 Å². The van der Waals surface area contributed by atoms with Gasteiger partial charge >= 0.3 is 0 Å². The predicted octanol–water partition coefficient (Wildman–Crippen LogP) is 1.99. The first kappa shape index (κ1) is 12.6. The van der Waals surface area contributed by atoms with Crippen LogP contribution in [0.25, 0.3) is 0 Å². The number of rotatable bonds is 4. The van der Waals surface area contributed by atoms with Crippen molar-refractivity contribution in [3.63, 3.8) is 0 Å². The molecule has 0 spiro atoms. The van der Waals surface area contributed by atoms with Crippen molar-refractivity contribution in [2.24, 2.45) is 5.41 Å². The third kappa shape index (κ3) is 2.89. The Morgan fingerprint density at radius 2 is 2.24 bits per heavy atom. The number of carbonyl (C=O) groups is 1. The van der Waals surface area contributed by atoms with Crippen LogP contribution in [-0.2, 0) is 4.79 Å². The highest BCUT2D eigenvalue weighted by molar-refractivity contribution is 5.83. The van der Waals surface area contributed by atoms with E-state index in [1.54, 1.807) is 0 Å². The third-order valence-corrected chi connectivity index (χ3v) is 4.03. The van der Waals surface area contributed by atoms with Gasteiger partial charge in [0.05, 0.1) is 5.41 Å². The molecule has 1 saturated heterocycles. The van der Waals surface area contributed by atoms with Crippen LogP contribution in [-0.4, -0.2) is 25.0 Å². The maximum absolute atomic E-state index is 12.5. The third-order valence-electron chi connectivity index (χ3n) is 4.03. The predicted molar refractivity (Wildman–Crippen MR) is 69.7 cm³/mol. The molecule has 3 heteroatoms. The molecule has 0 saturated carbocycles. The molecule has 0 radical (unpaired) electrons. The maximum Gasteiger partial charge on any atom is 0.227 e. The van der Waals surface area contributed by atoms with Crippen LogP contribution in [0.5, 0.6) is 0 Å². The van der Waals surface area contributed by atoms with Gasteiger partial charge in [0.1, 0.15) is 0 Å². The zero-order valence-electron chi connectivity index (χ0n) is 10.8. The summed E-state index contributed by atoms with van der Waals surface area (Å²) in [5.74, 6) is 0.278. The largest absolute Gasteiger partial charge is 0.352 e. The number of nitrogens with one attached hydrogen (secondary N) is 2. The van der Waals surface area contributed by atoms with Gasteiger partial charge in [-0.2, -0.15) is 0 Å². The van der Waals surface area contributed by atoms with Gasteiger partial charge in [0.15, 0.2) is 0 Å². The second kappa shape index (κ2) is 5.67. The van der Waals surface area contributed by atoms with E-state index < -0.39 is 0 Å². The molecule has 3 nitrogen and oxygen atoms in total. The Morgan fingerprint density at radius 1 is 1.47 bits per heavy atom. The first-order chi connectivity index (χ1) is 8.27. The fourth-order valence-electron chi connectivity index (χ4n) is 3.04. The van der Waals surface area contributed by atoms with E-state index in [1.807, 2.05) is 0 Å². The Morgan fingerprint density at radius 3 is 2.82 bits per heavy atom. The van der Waals surface area contributed by atoms with Crippen LogP contribution >= 0.6 is 0 Å². The van der Waals surface area contributed by atoms with Crippen LogP contribution in [0.2, 0.25) is 0 Å². The fourth-order valence-corrected chi connectivity index (χ4v) is 3.04. The van der Waals surface area contributed by atoms with E-state index in [1.165, 1.54) is 0 Å². The summed E-state index contributed by atoms with van der Waals surface area (Å²) < 4.78 is 0. The van der Waals surface area contributed by atoms with Gasteiger partial charge in [0, 0.05) is 12.6 Å². The second-order valence-corrected chi connectivity index (χ2v) is 5.42. The molecule has 0 aromatic rings. The average molecular weight is 236 g/mol. The second-order valence-electron chi connectivity index (χ2n) is 5.42. The van der Waals surface area contributed by atoms with E-state index in [9.17, 15) is 4.79 Å². The molecule has 0 bridgehead atoms. The monoisotopic (exact) mass is 236 g/mol. The molecule has 2 rings (SSSR count). The zero-order chi connectivity index (χ0) is 12.1. The summed E-state index contributed by atoms with van der Waals surface area (Å²) >= 11 is 0. The van der Waals surface area contributed by atoms with Crippen molar-refractivity contribution in [2.45, 2.75) is 51.5 Å². The molecule has 17 heavy (non-hydrogen) atoms. The first-order valence-electron chi connectivity index (χ1n) is 6.93. The van der Waals surface area contributed by atoms with Crippen molar-refractivity contribution in [1.82, 2.24) is 10.6 Å². The molecule has 1 heterocycles. The van der Waals surface area contributed by atoms with E-state index in [-0.39, 0.29) is 11.3 Å². The van der Waals surface area contributed by atoms with Crippen molar-refractivity contribution < 1.29 is 4.79 Å². The molecule has 96 valence electrons. The van der Waals surface area contributed by atoms with Crippen molar-refractivity contribution in [3.8, 4) is 0 Å². The van der Waals surface area contributed by atoms with Gasteiger partial charge in [0.2, 0.25) is 5.91 Å². The summed E-state index contributed by atoms with van der Waals surface area (Å²) in [4.78, 5) is 12.5. The van der Waals surface area contributed by atoms with Crippen LogP contribution in [0, 0.1) is 5.41 Å². The van der Waals surface area contributed by atoms with Gasteiger partial charge in [-0.15, -0.1) is 0 Å². The number of carbonyl (C=O) groups excluding carboxylic acids is 1. The molecular formula is C14H24N2O. The van der Waals surface area contributed by atoms with Crippen LogP contribution in [0.1, 0.15) is 45.4 Å². The average Bonchev–Trinajstić information content (AvgIpc) is 2.83. The first-order valence-corrected chi connectivity index (χ1v) is 6.93. The standard InChI is InChI=1S/C14H24N2O/c1-2-8-14(9-5-10-15-11-14)13(17)16-12-6-3-4-7-12/h3-4,12,15H,2,5-11H2,1H3,(H,16,17). The van der Waals surface area contributed by atoms with Crippen LogP contribution in [0.15, 0.2) is 12.2 Å². The normalized spacial score (nSPS) is 29.5. The lowest BCUT2D eigenvalue weighted by Crippen LogP contribution is -2.52. The van der Waals surface area contributed by atoms with Crippen molar-refractivity contribution >= 4 is 5.91 Å². The summed E-state index contributed by atoms with van der Waals surface area (Å²) in [6.07, 6.45) is 10.6. The maximum atomic E-state index is 12.5. The molecule has 2 N–H and O–H groups in total. The molecule has 0 aromatic heterocycles. The molecule has 1 aliphatic carbocycles. The highest BCUT2D eigenvalue weighted by Crippen LogP contribution is 2.32. The Labute approximate surface area is 104 Å². The fraction of sp³-hybridized carbons (Fsp3) is 0.786. The van der Waals surface area contributed by atoms with Gasteiger partial charge in [-0.3, -0.25) is 4.79 Å². The lowest BCUT2D eigenvalue weighted by atomic mass is 9.76. The number of amides is 1. The quantitative estimate of drug-likeness (QED) is 0.733. The van der Waals surface area contributed by atoms with Gasteiger partial charge in [-0.25, -0.2) is 0 Å². The number of hydrogen-bond acceptors (Lipinski definition) is 2. The van der Waals surface area contributed by atoms with E-state index in [4.69, 9.17) is 0 Å². The minimum Gasteiger partial charge on any atom is -0.352 e. The molecule has 1 amide bonds. The summed E-state index contributed by atoms with van der Waals surface area (Å²) in [7, 11) is 0. The molecule has 2 aliphatic rings. The number of hydrogen-bond donors (Lipinski definition) is 2. The van der Waals surface area contributed by atoms with Gasteiger partial charge in [-0.05, 0) is 38.6 Å². The Hall–Kier alpha value is -0.830. The van der Waals surface area contributed by atoms with Crippen LogP contribution < -0.4 is 10.6 Å². The van der Waals surface area contributed by atoms with Crippen LogP contribution in [0.4, 0.5) is 0 Å². The molecule has 1 atom stereocenters. The molecule has 1 fully saturated rings. The molecule has 1 aliphatic heterocycles. The van der Waals surface area contributed by atoms with Crippen LogP contribution in [0.3, 0.4) is 0 Å². The zero-order valence-corrected chi connectivity index (χ0v) is 10.8. The van der Waals surface area contributed by atoms with Gasteiger partial charge < -0.3 is 10.6 Å². The van der Waals surface area contributed by atoms with E-state index in [2.05, 4.69) is 29.7 Å². The minimum atomic E-state index is -0.143.